The van der Waals surface area contributed by atoms with Gasteiger partial charge in [-0.15, -0.1) is 11.3 Å². The molecule has 0 saturated heterocycles. The Morgan fingerprint density at radius 1 is 1.70 bits per heavy atom. The molecule has 10 heavy (non-hydrogen) atoms. The van der Waals surface area contributed by atoms with Crippen molar-refractivity contribution in [2.24, 2.45) is 5.73 Å². The summed E-state index contributed by atoms with van der Waals surface area (Å²) in [6.07, 6.45) is 0. The molecule has 0 bridgehead atoms. The van der Waals surface area contributed by atoms with E-state index in [2.05, 4.69) is 0 Å². The number of anilines is 1. The molecule has 5 heteroatoms. The van der Waals surface area contributed by atoms with Gasteiger partial charge >= 0.3 is 0 Å². The molecule has 0 spiro atoms. The standard InChI is InChI=1S/C5H5ClN2OS/c6-4-2(7)1-3(10-4)5(8)9/h1H,7H2,(H2,8,9). The molecule has 0 atom stereocenters. The van der Waals surface area contributed by atoms with Crippen LogP contribution < -0.4 is 11.5 Å². The van der Waals surface area contributed by atoms with Crippen molar-refractivity contribution < 1.29 is 4.79 Å². The molecule has 1 aromatic heterocycles. The molecule has 0 fully saturated rings. The summed E-state index contributed by atoms with van der Waals surface area (Å²) in [5.74, 6) is -0.497. The molecule has 4 N–H and O–H groups in total. The van der Waals surface area contributed by atoms with Crippen LogP contribution in [0.4, 0.5) is 5.69 Å². The molecule has 0 aliphatic carbocycles. The van der Waals surface area contributed by atoms with Gasteiger partial charge in [0.1, 0.15) is 4.34 Å². The average molecular weight is 177 g/mol. The molecule has 3 nitrogen and oxygen atoms in total. The highest BCUT2D eigenvalue weighted by molar-refractivity contribution is 7.18. The van der Waals surface area contributed by atoms with Gasteiger partial charge in [-0.05, 0) is 6.07 Å². The van der Waals surface area contributed by atoms with Gasteiger partial charge in [0.25, 0.3) is 5.91 Å². The first-order valence-corrected chi connectivity index (χ1v) is 3.65. The average Bonchev–Trinajstić information content (AvgIpc) is 2.13. The van der Waals surface area contributed by atoms with Crippen LogP contribution in [0.3, 0.4) is 0 Å². The Balaban J connectivity index is 3.10. The monoisotopic (exact) mass is 176 g/mol. The van der Waals surface area contributed by atoms with Gasteiger partial charge in [0.05, 0.1) is 10.6 Å². The lowest BCUT2D eigenvalue weighted by Gasteiger charge is -1.80. The molecule has 0 aliphatic heterocycles. The van der Waals surface area contributed by atoms with Crippen molar-refractivity contribution in [3.63, 3.8) is 0 Å². The van der Waals surface area contributed by atoms with Gasteiger partial charge in [0, 0.05) is 0 Å². The highest BCUT2D eigenvalue weighted by Crippen LogP contribution is 2.28. The van der Waals surface area contributed by atoms with Crippen molar-refractivity contribution in [2.75, 3.05) is 5.73 Å². The van der Waals surface area contributed by atoms with Crippen LogP contribution in [0.1, 0.15) is 9.67 Å². The third-order valence-corrected chi connectivity index (χ3v) is 2.36. The van der Waals surface area contributed by atoms with Crippen LogP contribution in [0.15, 0.2) is 6.07 Å². The maximum absolute atomic E-state index is 10.5. The minimum absolute atomic E-state index is 0.391. The summed E-state index contributed by atoms with van der Waals surface area (Å²) in [6.45, 7) is 0. The molecule has 0 saturated carbocycles. The third-order valence-electron chi connectivity index (χ3n) is 0.956. The quantitative estimate of drug-likeness (QED) is 0.673. The van der Waals surface area contributed by atoms with Gasteiger partial charge in [0.2, 0.25) is 0 Å². The largest absolute Gasteiger partial charge is 0.397 e. The first-order valence-electron chi connectivity index (χ1n) is 2.46. The van der Waals surface area contributed by atoms with E-state index in [-0.39, 0.29) is 0 Å². The molecule has 1 aromatic rings. The normalized spacial score (nSPS) is 9.70. The molecule has 1 heterocycles. The first kappa shape index (κ1) is 7.37. The Hall–Kier alpha value is -0.740. The van der Waals surface area contributed by atoms with Crippen LogP contribution in [0, 0.1) is 0 Å². The van der Waals surface area contributed by atoms with E-state index in [1.54, 1.807) is 0 Å². The van der Waals surface area contributed by atoms with Crippen molar-refractivity contribution in [3.8, 4) is 0 Å². The lowest BCUT2D eigenvalue weighted by molar-refractivity contribution is 0.100. The SMILES string of the molecule is NC(=O)c1cc(N)c(Cl)s1. The van der Waals surface area contributed by atoms with Crippen LogP contribution in [0.25, 0.3) is 0 Å². The molecule has 0 aliphatic rings. The van der Waals surface area contributed by atoms with Crippen molar-refractivity contribution >= 4 is 34.5 Å². The van der Waals surface area contributed by atoms with E-state index in [0.717, 1.165) is 11.3 Å². The predicted octanol–water partition coefficient (Wildman–Crippen LogP) is 1.08. The van der Waals surface area contributed by atoms with Gasteiger partial charge in [-0.25, -0.2) is 0 Å². The van der Waals surface area contributed by atoms with E-state index in [1.165, 1.54) is 6.07 Å². The molecular weight excluding hydrogens is 172 g/mol. The van der Waals surface area contributed by atoms with Crippen LogP contribution in [-0.4, -0.2) is 5.91 Å². The van der Waals surface area contributed by atoms with E-state index < -0.39 is 5.91 Å². The van der Waals surface area contributed by atoms with Gasteiger partial charge in [-0.2, -0.15) is 0 Å². The number of carbonyl (C=O) groups is 1. The van der Waals surface area contributed by atoms with Crippen LogP contribution >= 0.6 is 22.9 Å². The van der Waals surface area contributed by atoms with E-state index in [9.17, 15) is 4.79 Å². The van der Waals surface area contributed by atoms with Crippen molar-refractivity contribution in [1.29, 1.82) is 0 Å². The summed E-state index contributed by atoms with van der Waals surface area (Å²) in [6, 6.07) is 1.47. The van der Waals surface area contributed by atoms with Crippen molar-refractivity contribution in [2.45, 2.75) is 0 Å². The maximum Gasteiger partial charge on any atom is 0.258 e. The fourth-order valence-corrected chi connectivity index (χ4v) is 1.46. The lowest BCUT2D eigenvalue weighted by Crippen LogP contribution is -2.08. The fourth-order valence-electron chi connectivity index (χ4n) is 0.504. The summed E-state index contributed by atoms with van der Waals surface area (Å²) >= 11 is 6.65. The Bertz CT molecular complexity index is 251. The number of rotatable bonds is 1. The highest BCUT2D eigenvalue weighted by Gasteiger charge is 2.07. The Morgan fingerprint density at radius 3 is 2.50 bits per heavy atom. The number of thiophene rings is 1. The van der Waals surface area contributed by atoms with Gasteiger partial charge in [-0.3, -0.25) is 4.79 Å². The minimum Gasteiger partial charge on any atom is -0.397 e. The van der Waals surface area contributed by atoms with Crippen LogP contribution in [0.2, 0.25) is 4.34 Å². The number of hydrogen-bond donors (Lipinski definition) is 2. The number of hydrogen-bond acceptors (Lipinski definition) is 3. The zero-order valence-corrected chi connectivity index (χ0v) is 6.50. The fraction of sp³-hybridized carbons (Fsp3) is 0. The van der Waals surface area contributed by atoms with E-state index in [4.69, 9.17) is 23.1 Å². The summed E-state index contributed by atoms with van der Waals surface area (Å²) in [4.78, 5) is 10.9. The predicted molar refractivity (Wildman–Crippen MR) is 42.3 cm³/mol. The summed E-state index contributed by atoms with van der Waals surface area (Å²) < 4.78 is 0.411. The van der Waals surface area contributed by atoms with E-state index >= 15 is 0 Å². The summed E-state index contributed by atoms with van der Waals surface area (Å²) in [7, 11) is 0. The van der Waals surface area contributed by atoms with Gasteiger partial charge in [-0.1, -0.05) is 11.6 Å². The smallest absolute Gasteiger partial charge is 0.258 e. The number of primary amides is 1. The number of nitrogen functional groups attached to an aromatic ring is 1. The second-order valence-corrected chi connectivity index (χ2v) is 3.36. The number of halogens is 1. The molecule has 1 rings (SSSR count). The Labute approximate surface area is 66.6 Å². The second-order valence-electron chi connectivity index (χ2n) is 1.70. The molecule has 0 radical (unpaired) electrons. The first-order chi connectivity index (χ1) is 4.61. The highest BCUT2D eigenvalue weighted by atomic mass is 35.5. The van der Waals surface area contributed by atoms with Gasteiger partial charge in [0.15, 0.2) is 0 Å². The van der Waals surface area contributed by atoms with Gasteiger partial charge < -0.3 is 11.5 Å². The number of carbonyl (C=O) groups excluding carboxylic acids is 1. The van der Waals surface area contributed by atoms with E-state index in [0.29, 0.717) is 14.9 Å². The molecule has 54 valence electrons. The maximum atomic E-state index is 10.5. The summed E-state index contributed by atoms with van der Waals surface area (Å²) in [5.41, 5.74) is 10.7. The Morgan fingerprint density at radius 2 is 2.30 bits per heavy atom. The third kappa shape index (κ3) is 1.22. The summed E-state index contributed by atoms with van der Waals surface area (Å²) in [5, 5.41) is 0. The topological polar surface area (TPSA) is 69.1 Å². The second kappa shape index (κ2) is 2.48. The Kier molecular flexibility index (Phi) is 1.82. The minimum atomic E-state index is -0.497. The van der Waals surface area contributed by atoms with E-state index in [1.807, 2.05) is 0 Å². The van der Waals surface area contributed by atoms with Crippen LogP contribution in [0.5, 0.6) is 0 Å². The number of amides is 1. The molecule has 1 amide bonds. The van der Waals surface area contributed by atoms with Crippen LogP contribution in [-0.2, 0) is 0 Å². The number of nitrogens with two attached hydrogens (primary N) is 2. The lowest BCUT2D eigenvalue weighted by atomic mass is 10.4. The zero-order valence-electron chi connectivity index (χ0n) is 4.93. The molecular formula is C5H5ClN2OS. The molecule has 0 unspecified atom stereocenters. The zero-order chi connectivity index (χ0) is 7.72. The van der Waals surface area contributed by atoms with Crippen molar-refractivity contribution in [3.05, 3.63) is 15.3 Å². The molecule has 0 aromatic carbocycles. The van der Waals surface area contributed by atoms with Crippen molar-refractivity contribution in [1.82, 2.24) is 0 Å².